The van der Waals surface area contributed by atoms with Gasteiger partial charge in [-0.3, -0.25) is 10.1 Å². The Hall–Kier alpha value is -1.93. The molecule has 0 amide bonds. The summed E-state index contributed by atoms with van der Waals surface area (Å²) in [4.78, 5) is 13.8. The minimum absolute atomic E-state index is 0.00811. The molecule has 1 aromatic rings. The van der Waals surface area contributed by atoms with Crippen molar-refractivity contribution in [2.45, 2.75) is 0 Å². The molecular weight excluding hydrogens is 182 g/mol. The maximum atomic E-state index is 10.4. The third-order valence-corrected chi connectivity index (χ3v) is 1.44. The number of aromatic nitrogens is 1. The van der Waals surface area contributed by atoms with E-state index >= 15 is 0 Å². The number of hydrogen-bond donors (Lipinski definition) is 1. The van der Waals surface area contributed by atoms with Crippen LogP contribution in [-0.4, -0.2) is 23.5 Å². The number of nitrogens with one attached hydrogen (secondary N) is 1. The van der Waals surface area contributed by atoms with E-state index in [1.54, 1.807) is 7.05 Å². The van der Waals surface area contributed by atoms with Gasteiger partial charge in [-0.05, 0) is 13.0 Å². The summed E-state index contributed by atoms with van der Waals surface area (Å²) in [5, 5.41) is 13.2. The fraction of sp³-hybridized carbons (Fsp3) is 0.222. The quantitative estimate of drug-likeness (QED) is 0.421. The number of pyridine rings is 1. The van der Waals surface area contributed by atoms with Crippen LogP contribution in [0.15, 0.2) is 18.3 Å². The zero-order chi connectivity index (χ0) is 10.4. The lowest BCUT2D eigenvalue weighted by Crippen LogP contribution is -2.04. The molecule has 72 valence electrons. The summed E-state index contributed by atoms with van der Waals surface area (Å²) in [5.41, 5.74) is 0.420. The first-order chi connectivity index (χ1) is 6.74. The molecule has 0 spiro atoms. The van der Waals surface area contributed by atoms with Crippen molar-refractivity contribution < 1.29 is 4.92 Å². The highest BCUT2D eigenvalue weighted by atomic mass is 16.6. The van der Waals surface area contributed by atoms with Crippen molar-refractivity contribution in [3.05, 3.63) is 34.1 Å². The number of hydrogen-bond acceptors (Lipinski definition) is 4. The molecule has 14 heavy (non-hydrogen) atoms. The van der Waals surface area contributed by atoms with Crippen molar-refractivity contribution in [2.24, 2.45) is 0 Å². The Labute approximate surface area is 81.3 Å². The average Bonchev–Trinajstić information content (AvgIpc) is 2.19. The van der Waals surface area contributed by atoms with Gasteiger partial charge in [0.1, 0.15) is 5.69 Å². The van der Waals surface area contributed by atoms with Gasteiger partial charge in [0.2, 0.25) is 0 Å². The fourth-order valence-electron chi connectivity index (χ4n) is 0.824. The Balaban J connectivity index is 2.85. The maximum absolute atomic E-state index is 10.4. The summed E-state index contributed by atoms with van der Waals surface area (Å²) < 4.78 is 0. The largest absolute Gasteiger partial charge is 0.309 e. The molecule has 1 rings (SSSR count). The molecule has 0 aromatic carbocycles. The Kier molecular flexibility index (Phi) is 3.58. The van der Waals surface area contributed by atoms with Crippen LogP contribution in [0.1, 0.15) is 5.69 Å². The van der Waals surface area contributed by atoms with Gasteiger partial charge in [-0.2, -0.15) is 0 Å². The molecule has 0 bridgehead atoms. The van der Waals surface area contributed by atoms with Crippen molar-refractivity contribution in [2.75, 3.05) is 13.6 Å². The summed E-state index contributed by atoms with van der Waals surface area (Å²) in [6, 6.07) is 2.69. The Morgan fingerprint density at radius 1 is 1.71 bits per heavy atom. The molecule has 0 aliphatic rings. The van der Waals surface area contributed by atoms with Crippen molar-refractivity contribution in [1.82, 2.24) is 10.3 Å². The van der Waals surface area contributed by atoms with Crippen molar-refractivity contribution >= 4 is 5.69 Å². The summed E-state index contributed by atoms with van der Waals surface area (Å²) in [6.45, 7) is 0.532. The van der Waals surface area contributed by atoms with Gasteiger partial charge < -0.3 is 5.32 Å². The van der Waals surface area contributed by atoms with Crippen molar-refractivity contribution in [1.29, 1.82) is 0 Å². The van der Waals surface area contributed by atoms with Gasteiger partial charge >= 0.3 is 0 Å². The predicted octanol–water partition coefficient (Wildman–Crippen LogP) is 0.561. The Morgan fingerprint density at radius 3 is 3.14 bits per heavy atom. The van der Waals surface area contributed by atoms with Gasteiger partial charge in [0.15, 0.2) is 0 Å². The smallest absolute Gasteiger partial charge is 0.273 e. The minimum Gasteiger partial charge on any atom is -0.309 e. The lowest BCUT2D eigenvalue weighted by atomic mass is 10.3. The second-order valence-electron chi connectivity index (χ2n) is 2.49. The van der Waals surface area contributed by atoms with Crippen LogP contribution in [0.4, 0.5) is 5.69 Å². The van der Waals surface area contributed by atoms with Gasteiger partial charge in [-0.15, -0.1) is 0 Å². The summed E-state index contributed by atoms with van der Waals surface area (Å²) in [6.07, 6.45) is 1.38. The predicted molar refractivity (Wildman–Crippen MR) is 51.7 cm³/mol. The van der Waals surface area contributed by atoms with Gasteiger partial charge in [0, 0.05) is 12.3 Å². The third-order valence-electron chi connectivity index (χ3n) is 1.44. The van der Waals surface area contributed by atoms with Gasteiger partial charge in [-0.25, -0.2) is 4.98 Å². The molecule has 1 heterocycles. The molecule has 5 nitrogen and oxygen atoms in total. The first-order valence-corrected chi connectivity index (χ1v) is 3.98. The van der Waals surface area contributed by atoms with E-state index in [1.165, 1.54) is 18.3 Å². The van der Waals surface area contributed by atoms with E-state index in [1.807, 2.05) is 0 Å². The van der Waals surface area contributed by atoms with Gasteiger partial charge in [0.25, 0.3) is 5.69 Å². The zero-order valence-corrected chi connectivity index (χ0v) is 7.65. The molecule has 0 fully saturated rings. The van der Waals surface area contributed by atoms with E-state index in [-0.39, 0.29) is 5.69 Å². The van der Waals surface area contributed by atoms with E-state index in [0.29, 0.717) is 12.2 Å². The SMILES string of the molecule is CNCC#Cc1cc([N+](=O)[O-])ccn1. The van der Waals surface area contributed by atoms with Crippen LogP contribution in [0.5, 0.6) is 0 Å². The Bertz CT molecular complexity index is 393. The van der Waals surface area contributed by atoms with Crippen LogP contribution in [0, 0.1) is 22.0 Å². The van der Waals surface area contributed by atoms with Crippen molar-refractivity contribution in [3.63, 3.8) is 0 Å². The second kappa shape index (κ2) is 4.94. The van der Waals surface area contributed by atoms with Crippen LogP contribution >= 0.6 is 0 Å². The average molecular weight is 191 g/mol. The van der Waals surface area contributed by atoms with Gasteiger partial charge in [-0.1, -0.05) is 5.92 Å². The highest BCUT2D eigenvalue weighted by molar-refractivity contribution is 5.37. The van der Waals surface area contributed by atoms with E-state index in [2.05, 4.69) is 22.1 Å². The molecular formula is C9H9N3O2. The van der Waals surface area contributed by atoms with Crippen LogP contribution in [0.25, 0.3) is 0 Å². The summed E-state index contributed by atoms with van der Waals surface area (Å²) in [5.74, 6) is 5.48. The van der Waals surface area contributed by atoms with E-state index < -0.39 is 4.92 Å². The standard InChI is InChI=1S/C9H9N3O2/c1-10-5-2-3-8-7-9(12(13)14)4-6-11-8/h4,6-7,10H,5H2,1H3. The first-order valence-electron chi connectivity index (χ1n) is 3.98. The molecule has 0 saturated carbocycles. The zero-order valence-electron chi connectivity index (χ0n) is 7.65. The molecule has 0 atom stereocenters. The number of rotatable bonds is 2. The molecule has 0 radical (unpaired) electrons. The number of nitrogens with zero attached hydrogens (tertiary/aromatic N) is 2. The normalized spacial score (nSPS) is 8.93. The lowest BCUT2D eigenvalue weighted by Gasteiger charge is -1.90. The first kappa shape index (κ1) is 10.2. The van der Waals surface area contributed by atoms with Crippen LogP contribution in [0.2, 0.25) is 0 Å². The van der Waals surface area contributed by atoms with E-state index in [4.69, 9.17) is 0 Å². The molecule has 0 aliphatic carbocycles. The minimum atomic E-state index is -0.467. The number of nitro groups is 1. The lowest BCUT2D eigenvalue weighted by molar-refractivity contribution is -0.385. The third kappa shape index (κ3) is 2.84. The topological polar surface area (TPSA) is 68.1 Å². The highest BCUT2D eigenvalue weighted by Gasteiger charge is 2.04. The molecule has 0 saturated heterocycles. The maximum Gasteiger partial charge on any atom is 0.273 e. The van der Waals surface area contributed by atoms with E-state index in [9.17, 15) is 10.1 Å². The van der Waals surface area contributed by atoms with Crippen molar-refractivity contribution in [3.8, 4) is 11.8 Å². The van der Waals surface area contributed by atoms with Crippen LogP contribution in [0.3, 0.4) is 0 Å². The summed E-state index contributed by atoms with van der Waals surface area (Å²) in [7, 11) is 1.77. The fourth-order valence-corrected chi connectivity index (χ4v) is 0.824. The van der Waals surface area contributed by atoms with Crippen LogP contribution < -0.4 is 5.32 Å². The van der Waals surface area contributed by atoms with E-state index in [0.717, 1.165) is 0 Å². The Morgan fingerprint density at radius 2 is 2.50 bits per heavy atom. The highest BCUT2D eigenvalue weighted by Crippen LogP contribution is 2.09. The van der Waals surface area contributed by atoms with Crippen LogP contribution in [-0.2, 0) is 0 Å². The molecule has 0 aliphatic heterocycles. The monoisotopic (exact) mass is 191 g/mol. The second-order valence-corrected chi connectivity index (χ2v) is 2.49. The molecule has 1 N–H and O–H groups in total. The van der Waals surface area contributed by atoms with Gasteiger partial charge in [0.05, 0.1) is 17.5 Å². The molecule has 1 aromatic heterocycles. The molecule has 5 heteroatoms. The molecule has 0 unspecified atom stereocenters. The summed E-state index contributed by atoms with van der Waals surface area (Å²) >= 11 is 0.